The summed E-state index contributed by atoms with van der Waals surface area (Å²) in [6, 6.07) is 8.00. The summed E-state index contributed by atoms with van der Waals surface area (Å²) in [5.41, 5.74) is 3.10. The zero-order chi connectivity index (χ0) is 16.1. The molecule has 3 aromatic rings. The van der Waals surface area contributed by atoms with Crippen LogP contribution >= 0.6 is 11.3 Å². The third kappa shape index (κ3) is 2.09. The highest BCUT2D eigenvalue weighted by Gasteiger charge is 2.39. The van der Waals surface area contributed by atoms with Gasteiger partial charge in [0.15, 0.2) is 0 Å². The van der Waals surface area contributed by atoms with Crippen molar-refractivity contribution in [3.8, 4) is 0 Å². The summed E-state index contributed by atoms with van der Waals surface area (Å²) in [6.07, 6.45) is 5.80. The van der Waals surface area contributed by atoms with Crippen LogP contribution in [0, 0.1) is 5.92 Å². The van der Waals surface area contributed by atoms with Gasteiger partial charge in [0.25, 0.3) is 0 Å². The fraction of sp³-hybridized carbons (Fsp3) is 0.389. The van der Waals surface area contributed by atoms with Crippen LogP contribution in [0.1, 0.15) is 41.7 Å². The second-order valence-corrected chi connectivity index (χ2v) is 7.66. The lowest BCUT2D eigenvalue weighted by Gasteiger charge is -2.38. The number of rotatable bonds is 2. The minimum absolute atomic E-state index is 0.148. The molecule has 1 aromatic carbocycles. The van der Waals surface area contributed by atoms with Gasteiger partial charge in [-0.15, -0.1) is 11.3 Å². The third-order valence-electron chi connectivity index (χ3n) is 5.21. The van der Waals surface area contributed by atoms with Crippen molar-refractivity contribution in [3.63, 3.8) is 0 Å². The molecule has 1 aliphatic carbocycles. The first-order valence-corrected chi connectivity index (χ1v) is 9.31. The van der Waals surface area contributed by atoms with Crippen LogP contribution in [-0.2, 0) is 11.2 Å². The number of nitrogens with one attached hydrogen (secondary N) is 1. The number of aromatic amines is 1. The second-order valence-electron chi connectivity index (χ2n) is 6.60. The van der Waals surface area contributed by atoms with Crippen molar-refractivity contribution in [2.75, 3.05) is 6.54 Å². The predicted molar refractivity (Wildman–Crippen MR) is 92.8 cm³/mol. The Morgan fingerprint density at radius 3 is 2.96 bits per heavy atom. The first kappa shape index (κ1) is 14.2. The van der Waals surface area contributed by atoms with Gasteiger partial charge in [0.1, 0.15) is 11.0 Å². The number of thiazole rings is 1. The maximum absolute atomic E-state index is 13.0. The maximum Gasteiger partial charge on any atom is 0.226 e. The number of para-hydroxylation sites is 1. The number of hydrogen-bond donors (Lipinski definition) is 1. The van der Waals surface area contributed by atoms with Crippen molar-refractivity contribution in [1.82, 2.24) is 19.9 Å². The zero-order valence-corrected chi connectivity index (χ0v) is 14.1. The Bertz CT molecular complexity index is 878. The summed E-state index contributed by atoms with van der Waals surface area (Å²) in [5, 5.41) is 0.969. The van der Waals surface area contributed by atoms with E-state index < -0.39 is 0 Å². The molecule has 5 rings (SSSR count). The number of fused-ring (bicyclic) bond motifs is 2. The average Bonchev–Trinajstić information content (AvgIpc) is 3.18. The molecular weight excluding hydrogens is 320 g/mol. The van der Waals surface area contributed by atoms with Gasteiger partial charge in [0.2, 0.25) is 5.91 Å². The number of aromatic nitrogens is 3. The molecule has 2 aliphatic rings. The van der Waals surface area contributed by atoms with Gasteiger partial charge in [-0.1, -0.05) is 18.6 Å². The molecule has 0 unspecified atom stereocenters. The van der Waals surface area contributed by atoms with E-state index in [2.05, 4.69) is 16.0 Å². The van der Waals surface area contributed by atoms with E-state index in [9.17, 15) is 4.79 Å². The van der Waals surface area contributed by atoms with E-state index in [1.54, 1.807) is 17.7 Å². The van der Waals surface area contributed by atoms with Crippen LogP contribution in [0.3, 0.4) is 0 Å². The Kier molecular flexibility index (Phi) is 3.19. The number of carbonyl (C=O) groups is 1. The molecule has 1 amide bonds. The molecule has 1 atom stereocenters. The van der Waals surface area contributed by atoms with E-state index in [4.69, 9.17) is 4.98 Å². The lowest BCUT2D eigenvalue weighted by molar-refractivity contribution is -0.140. The Morgan fingerprint density at radius 2 is 2.17 bits per heavy atom. The molecule has 3 heterocycles. The molecule has 0 radical (unpaired) electrons. The van der Waals surface area contributed by atoms with E-state index in [1.165, 1.54) is 6.42 Å². The van der Waals surface area contributed by atoms with Crippen molar-refractivity contribution < 1.29 is 4.79 Å². The Hall–Kier alpha value is -2.21. The smallest absolute Gasteiger partial charge is 0.226 e. The Morgan fingerprint density at radius 1 is 1.29 bits per heavy atom. The predicted octanol–water partition coefficient (Wildman–Crippen LogP) is 3.29. The van der Waals surface area contributed by atoms with Crippen LogP contribution in [0.15, 0.2) is 30.6 Å². The number of carbonyl (C=O) groups excluding carboxylic acids is 1. The van der Waals surface area contributed by atoms with Crippen molar-refractivity contribution in [2.24, 2.45) is 5.92 Å². The van der Waals surface area contributed by atoms with Crippen LogP contribution < -0.4 is 0 Å². The summed E-state index contributed by atoms with van der Waals surface area (Å²) in [6.45, 7) is 0.741. The molecule has 1 aliphatic heterocycles. The van der Waals surface area contributed by atoms with E-state index in [1.807, 2.05) is 23.1 Å². The molecule has 1 saturated carbocycles. The van der Waals surface area contributed by atoms with Gasteiger partial charge in [0.05, 0.1) is 22.2 Å². The molecular formula is C18H18N4OS. The summed E-state index contributed by atoms with van der Waals surface area (Å²) >= 11 is 1.67. The molecule has 1 fully saturated rings. The van der Waals surface area contributed by atoms with Crippen molar-refractivity contribution in [1.29, 1.82) is 0 Å². The van der Waals surface area contributed by atoms with Crippen molar-refractivity contribution in [2.45, 2.75) is 31.7 Å². The van der Waals surface area contributed by atoms with Crippen LogP contribution in [-0.4, -0.2) is 32.3 Å². The first-order chi connectivity index (χ1) is 11.8. The molecule has 6 heteroatoms. The van der Waals surface area contributed by atoms with Gasteiger partial charge in [-0.05, 0) is 25.0 Å². The van der Waals surface area contributed by atoms with Gasteiger partial charge in [-0.3, -0.25) is 4.79 Å². The van der Waals surface area contributed by atoms with Gasteiger partial charge < -0.3 is 9.88 Å². The summed E-state index contributed by atoms with van der Waals surface area (Å²) in [4.78, 5) is 27.6. The highest BCUT2D eigenvalue weighted by atomic mass is 32.1. The van der Waals surface area contributed by atoms with E-state index >= 15 is 0 Å². The molecule has 24 heavy (non-hydrogen) atoms. The number of hydrogen-bond acceptors (Lipinski definition) is 4. The minimum Gasteiger partial charge on any atom is -0.348 e. The van der Waals surface area contributed by atoms with Gasteiger partial charge in [-0.25, -0.2) is 9.97 Å². The topological polar surface area (TPSA) is 61.9 Å². The minimum atomic E-state index is -0.148. The molecule has 0 bridgehead atoms. The van der Waals surface area contributed by atoms with Crippen LogP contribution in [0.4, 0.5) is 0 Å². The number of nitrogens with zero attached hydrogens (tertiary/aromatic N) is 3. The largest absolute Gasteiger partial charge is 0.348 e. The van der Waals surface area contributed by atoms with Gasteiger partial charge in [-0.2, -0.15) is 0 Å². The first-order valence-electron chi connectivity index (χ1n) is 8.49. The molecule has 0 spiro atoms. The number of imidazole rings is 1. The zero-order valence-electron chi connectivity index (χ0n) is 13.2. The SMILES string of the molecule is O=C(C1CCC1)N1CCc2[nH]cnc2[C@H]1c1nc2ccccc2s1. The van der Waals surface area contributed by atoms with Crippen molar-refractivity contribution in [3.05, 3.63) is 47.0 Å². The average molecular weight is 338 g/mol. The summed E-state index contributed by atoms with van der Waals surface area (Å²) in [7, 11) is 0. The fourth-order valence-corrected chi connectivity index (χ4v) is 4.75. The maximum atomic E-state index is 13.0. The summed E-state index contributed by atoms with van der Waals surface area (Å²) < 4.78 is 1.16. The van der Waals surface area contributed by atoms with E-state index in [-0.39, 0.29) is 17.9 Å². The Balaban J connectivity index is 1.61. The van der Waals surface area contributed by atoms with Crippen molar-refractivity contribution >= 4 is 27.5 Å². The normalized spacial score (nSPS) is 20.8. The van der Waals surface area contributed by atoms with E-state index in [0.717, 1.165) is 52.4 Å². The number of benzene rings is 1. The lowest BCUT2D eigenvalue weighted by Crippen LogP contribution is -2.45. The molecule has 0 saturated heterocycles. The molecule has 1 N–H and O–H groups in total. The second kappa shape index (κ2) is 5.41. The van der Waals surface area contributed by atoms with E-state index in [0.29, 0.717) is 0 Å². The third-order valence-corrected chi connectivity index (χ3v) is 6.30. The molecule has 5 nitrogen and oxygen atoms in total. The summed E-state index contributed by atoms with van der Waals surface area (Å²) in [5.74, 6) is 0.474. The standard InChI is InChI=1S/C18H18N4OS/c23-18(11-4-3-5-11)22-9-8-13-15(20-10-19-13)16(22)17-21-12-6-1-2-7-14(12)24-17/h1-2,6-7,10-11,16H,3-5,8-9H2,(H,19,20)/t16-/m0/s1. The Labute approximate surface area is 143 Å². The highest BCUT2D eigenvalue weighted by molar-refractivity contribution is 7.18. The number of amides is 1. The van der Waals surface area contributed by atoms with Crippen LogP contribution in [0.2, 0.25) is 0 Å². The monoisotopic (exact) mass is 338 g/mol. The quantitative estimate of drug-likeness (QED) is 0.780. The fourth-order valence-electron chi connectivity index (χ4n) is 3.66. The molecule has 122 valence electrons. The lowest BCUT2D eigenvalue weighted by atomic mass is 9.83. The molecule has 2 aromatic heterocycles. The van der Waals surface area contributed by atoms with Gasteiger partial charge >= 0.3 is 0 Å². The van der Waals surface area contributed by atoms with Crippen LogP contribution in [0.5, 0.6) is 0 Å². The highest BCUT2D eigenvalue weighted by Crippen LogP contribution is 2.40. The van der Waals surface area contributed by atoms with Gasteiger partial charge in [0, 0.05) is 24.6 Å². The van der Waals surface area contributed by atoms with Crippen LogP contribution in [0.25, 0.3) is 10.2 Å². The number of H-pyrrole nitrogens is 1.